The first-order valence-electron chi connectivity index (χ1n) is 6.41. The minimum atomic E-state index is -0.958. The summed E-state index contributed by atoms with van der Waals surface area (Å²) in [5.41, 5.74) is -1.53. The zero-order valence-electron chi connectivity index (χ0n) is 11.5. The summed E-state index contributed by atoms with van der Waals surface area (Å²) >= 11 is 0. The molecule has 0 saturated carbocycles. The van der Waals surface area contributed by atoms with Crippen LogP contribution in [0.15, 0.2) is 0 Å². The van der Waals surface area contributed by atoms with Crippen LogP contribution >= 0.6 is 0 Å². The van der Waals surface area contributed by atoms with Crippen LogP contribution in [0.3, 0.4) is 0 Å². The molecule has 0 aromatic heterocycles. The first kappa shape index (κ1) is 16.4. The van der Waals surface area contributed by atoms with Crippen LogP contribution in [-0.4, -0.2) is 33.9 Å². The molecule has 102 valence electrons. The monoisotopic (exact) mass is 245 g/mol. The number of nitrogens with one attached hydrogen (secondary N) is 1. The van der Waals surface area contributed by atoms with Gasteiger partial charge in [0.2, 0.25) is 0 Å². The predicted molar refractivity (Wildman–Crippen MR) is 69.1 cm³/mol. The van der Waals surface area contributed by atoms with Crippen molar-refractivity contribution in [2.75, 3.05) is 6.61 Å². The third-order valence-corrected chi connectivity index (χ3v) is 3.01. The molecule has 1 unspecified atom stereocenters. The van der Waals surface area contributed by atoms with E-state index in [0.29, 0.717) is 6.42 Å². The van der Waals surface area contributed by atoms with Crippen molar-refractivity contribution in [3.63, 3.8) is 0 Å². The van der Waals surface area contributed by atoms with E-state index in [1.165, 1.54) is 0 Å². The van der Waals surface area contributed by atoms with Gasteiger partial charge in [0.1, 0.15) is 5.54 Å². The molecule has 1 atom stereocenters. The molecule has 4 nitrogen and oxygen atoms in total. The zero-order valence-corrected chi connectivity index (χ0v) is 11.5. The van der Waals surface area contributed by atoms with Crippen molar-refractivity contribution in [2.24, 2.45) is 0 Å². The molecule has 4 heteroatoms. The summed E-state index contributed by atoms with van der Waals surface area (Å²) in [5.74, 6) is -0.851. The van der Waals surface area contributed by atoms with E-state index >= 15 is 0 Å². The maximum Gasteiger partial charge on any atom is 0.323 e. The Morgan fingerprint density at radius 1 is 1.18 bits per heavy atom. The second-order valence-corrected chi connectivity index (χ2v) is 5.61. The molecule has 0 aliphatic rings. The van der Waals surface area contributed by atoms with Crippen molar-refractivity contribution < 1.29 is 15.0 Å². The lowest BCUT2D eigenvalue weighted by atomic mass is 9.90. The number of unbranched alkanes of at least 4 members (excludes halogenated alkanes) is 3. The molecule has 0 fully saturated rings. The number of aliphatic carboxylic acids is 1. The van der Waals surface area contributed by atoms with E-state index in [9.17, 15) is 15.0 Å². The van der Waals surface area contributed by atoms with Crippen LogP contribution in [0.1, 0.15) is 59.8 Å². The van der Waals surface area contributed by atoms with Crippen molar-refractivity contribution >= 4 is 5.97 Å². The summed E-state index contributed by atoms with van der Waals surface area (Å²) in [5, 5.41) is 21.5. The van der Waals surface area contributed by atoms with Gasteiger partial charge in [-0.1, -0.05) is 32.6 Å². The lowest BCUT2D eigenvalue weighted by molar-refractivity contribution is -0.145. The number of carboxylic acid groups (broad SMARTS) is 1. The number of rotatable bonds is 9. The highest BCUT2D eigenvalue weighted by molar-refractivity contribution is 5.78. The first-order chi connectivity index (χ1) is 7.77. The van der Waals surface area contributed by atoms with Gasteiger partial charge in [0.25, 0.3) is 0 Å². The number of aliphatic hydroxyl groups excluding tert-OH is 1. The van der Waals surface area contributed by atoms with E-state index in [1.54, 1.807) is 20.8 Å². The highest BCUT2D eigenvalue weighted by Gasteiger charge is 2.37. The number of carbonyl (C=O) groups is 1. The van der Waals surface area contributed by atoms with Crippen LogP contribution in [-0.2, 0) is 4.79 Å². The van der Waals surface area contributed by atoms with Crippen molar-refractivity contribution in [3.8, 4) is 0 Å². The third kappa shape index (κ3) is 6.03. The molecule has 0 spiro atoms. The quantitative estimate of drug-likeness (QED) is 0.544. The summed E-state index contributed by atoms with van der Waals surface area (Å²) in [4.78, 5) is 11.3. The van der Waals surface area contributed by atoms with Crippen molar-refractivity contribution in [1.82, 2.24) is 5.32 Å². The lowest BCUT2D eigenvalue weighted by Crippen LogP contribution is -2.59. The summed E-state index contributed by atoms with van der Waals surface area (Å²) in [6.07, 6.45) is 4.82. The molecule has 0 heterocycles. The molecule has 0 aromatic rings. The van der Waals surface area contributed by atoms with E-state index < -0.39 is 17.0 Å². The average Bonchev–Trinajstić information content (AvgIpc) is 2.24. The zero-order chi connectivity index (χ0) is 13.5. The lowest BCUT2D eigenvalue weighted by Gasteiger charge is -2.35. The Balaban J connectivity index is 4.41. The van der Waals surface area contributed by atoms with E-state index in [4.69, 9.17) is 0 Å². The van der Waals surface area contributed by atoms with Crippen LogP contribution < -0.4 is 5.32 Å². The molecule has 0 aliphatic carbocycles. The number of carboxylic acids is 1. The SMILES string of the molecule is CCCCCCC(C)(NC(C)(C)CO)C(=O)O. The maximum atomic E-state index is 11.3. The Labute approximate surface area is 104 Å². The predicted octanol–water partition coefficient (Wildman–Crippen LogP) is 2.16. The molecule has 0 aromatic carbocycles. The third-order valence-electron chi connectivity index (χ3n) is 3.01. The maximum absolute atomic E-state index is 11.3. The molecule has 0 saturated heterocycles. The Hall–Kier alpha value is -0.610. The molecule has 0 aliphatic heterocycles. The van der Waals surface area contributed by atoms with Gasteiger partial charge in [-0.2, -0.15) is 0 Å². The van der Waals surface area contributed by atoms with Crippen LogP contribution in [0.4, 0.5) is 0 Å². The molecular formula is C13H27NO3. The normalized spacial score (nSPS) is 15.6. The van der Waals surface area contributed by atoms with Gasteiger partial charge in [-0.05, 0) is 27.2 Å². The van der Waals surface area contributed by atoms with E-state index in [1.807, 2.05) is 0 Å². The summed E-state index contributed by atoms with van der Waals surface area (Å²) in [7, 11) is 0. The molecule has 17 heavy (non-hydrogen) atoms. The van der Waals surface area contributed by atoms with E-state index in [0.717, 1.165) is 25.7 Å². The van der Waals surface area contributed by atoms with Crippen LogP contribution in [0.25, 0.3) is 0 Å². The van der Waals surface area contributed by atoms with Gasteiger partial charge in [0.05, 0.1) is 6.61 Å². The number of hydrogen-bond acceptors (Lipinski definition) is 3. The smallest absolute Gasteiger partial charge is 0.323 e. The van der Waals surface area contributed by atoms with Crippen molar-refractivity contribution in [1.29, 1.82) is 0 Å². The number of hydrogen-bond donors (Lipinski definition) is 3. The number of aliphatic hydroxyl groups is 1. The van der Waals surface area contributed by atoms with E-state index in [-0.39, 0.29) is 6.61 Å². The van der Waals surface area contributed by atoms with Crippen molar-refractivity contribution in [3.05, 3.63) is 0 Å². The largest absolute Gasteiger partial charge is 0.480 e. The molecule has 3 N–H and O–H groups in total. The van der Waals surface area contributed by atoms with Gasteiger partial charge in [-0.15, -0.1) is 0 Å². The topological polar surface area (TPSA) is 69.6 Å². The Kier molecular flexibility index (Phi) is 6.72. The fourth-order valence-corrected chi connectivity index (χ4v) is 1.91. The minimum absolute atomic E-state index is 0.0785. The molecule has 0 amide bonds. The fraction of sp³-hybridized carbons (Fsp3) is 0.923. The summed E-state index contributed by atoms with van der Waals surface area (Å²) in [6, 6.07) is 0. The Bertz CT molecular complexity index is 241. The van der Waals surface area contributed by atoms with Gasteiger partial charge in [0.15, 0.2) is 0 Å². The van der Waals surface area contributed by atoms with Gasteiger partial charge < -0.3 is 10.2 Å². The second kappa shape index (κ2) is 6.97. The van der Waals surface area contributed by atoms with Gasteiger partial charge in [-0.25, -0.2) is 0 Å². The Morgan fingerprint density at radius 2 is 1.76 bits per heavy atom. The second-order valence-electron chi connectivity index (χ2n) is 5.61. The van der Waals surface area contributed by atoms with Gasteiger partial charge in [-0.3, -0.25) is 10.1 Å². The molecule has 0 radical (unpaired) electrons. The van der Waals surface area contributed by atoms with Crippen LogP contribution in [0, 0.1) is 0 Å². The van der Waals surface area contributed by atoms with Crippen LogP contribution in [0.2, 0.25) is 0 Å². The Morgan fingerprint density at radius 3 is 2.18 bits per heavy atom. The first-order valence-corrected chi connectivity index (χ1v) is 6.41. The standard InChI is InChI=1S/C13H27NO3/c1-5-6-7-8-9-13(4,11(16)17)14-12(2,3)10-15/h14-15H,5-10H2,1-4H3,(H,16,17). The summed E-state index contributed by atoms with van der Waals surface area (Å²) in [6.45, 7) is 7.35. The fourth-order valence-electron chi connectivity index (χ4n) is 1.91. The molecule has 0 bridgehead atoms. The highest BCUT2D eigenvalue weighted by Crippen LogP contribution is 2.19. The van der Waals surface area contributed by atoms with Crippen molar-refractivity contribution in [2.45, 2.75) is 70.9 Å². The van der Waals surface area contributed by atoms with Crippen LogP contribution in [0.5, 0.6) is 0 Å². The summed E-state index contributed by atoms with van der Waals surface area (Å²) < 4.78 is 0. The highest BCUT2D eigenvalue weighted by atomic mass is 16.4. The van der Waals surface area contributed by atoms with Gasteiger partial charge >= 0.3 is 5.97 Å². The van der Waals surface area contributed by atoms with Gasteiger partial charge in [0, 0.05) is 5.54 Å². The minimum Gasteiger partial charge on any atom is -0.480 e. The molecule has 0 rings (SSSR count). The average molecular weight is 245 g/mol. The van der Waals surface area contributed by atoms with E-state index in [2.05, 4.69) is 12.2 Å². The molecular weight excluding hydrogens is 218 g/mol.